The van der Waals surface area contributed by atoms with Crippen LogP contribution in [0.1, 0.15) is 11.1 Å². The SMILES string of the molecule is O=C(CNCc1ccc2c(c1)OCO2)NCc1ccccc1F. The van der Waals surface area contributed by atoms with E-state index in [-0.39, 0.29) is 31.6 Å². The van der Waals surface area contributed by atoms with Gasteiger partial charge in [-0.1, -0.05) is 24.3 Å². The first-order chi connectivity index (χ1) is 11.2. The summed E-state index contributed by atoms with van der Waals surface area (Å²) >= 11 is 0. The number of carbonyl (C=O) groups is 1. The largest absolute Gasteiger partial charge is 0.454 e. The van der Waals surface area contributed by atoms with Crippen molar-refractivity contribution in [3.05, 3.63) is 59.4 Å². The Balaban J connectivity index is 1.42. The van der Waals surface area contributed by atoms with Gasteiger partial charge in [0.2, 0.25) is 12.7 Å². The minimum Gasteiger partial charge on any atom is -0.454 e. The molecule has 2 N–H and O–H groups in total. The van der Waals surface area contributed by atoms with Gasteiger partial charge in [-0.25, -0.2) is 4.39 Å². The average Bonchev–Trinajstić information content (AvgIpc) is 3.02. The minimum absolute atomic E-state index is 0.156. The maximum absolute atomic E-state index is 13.4. The van der Waals surface area contributed by atoms with Gasteiger partial charge in [0.05, 0.1) is 6.54 Å². The zero-order valence-corrected chi connectivity index (χ0v) is 12.5. The molecule has 0 aromatic heterocycles. The predicted molar refractivity (Wildman–Crippen MR) is 82.5 cm³/mol. The second kappa shape index (κ2) is 7.11. The van der Waals surface area contributed by atoms with Crippen molar-refractivity contribution in [2.45, 2.75) is 13.1 Å². The summed E-state index contributed by atoms with van der Waals surface area (Å²) in [6.45, 7) is 1.11. The molecular formula is C17H17FN2O3. The molecule has 23 heavy (non-hydrogen) atoms. The molecule has 0 atom stereocenters. The highest BCUT2D eigenvalue weighted by molar-refractivity contribution is 5.77. The Morgan fingerprint density at radius 3 is 2.78 bits per heavy atom. The van der Waals surface area contributed by atoms with Gasteiger partial charge in [-0.05, 0) is 23.8 Å². The van der Waals surface area contributed by atoms with Crippen molar-refractivity contribution < 1.29 is 18.7 Å². The van der Waals surface area contributed by atoms with E-state index in [4.69, 9.17) is 9.47 Å². The molecule has 0 fully saturated rings. The van der Waals surface area contributed by atoms with Crippen molar-refractivity contribution in [3.8, 4) is 11.5 Å². The van der Waals surface area contributed by atoms with Gasteiger partial charge in [-0.3, -0.25) is 4.79 Å². The van der Waals surface area contributed by atoms with Gasteiger partial charge < -0.3 is 20.1 Å². The van der Waals surface area contributed by atoms with Crippen LogP contribution in [-0.2, 0) is 17.9 Å². The highest BCUT2D eigenvalue weighted by Crippen LogP contribution is 2.32. The molecule has 1 heterocycles. The van der Waals surface area contributed by atoms with Gasteiger partial charge in [0.15, 0.2) is 11.5 Å². The topological polar surface area (TPSA) is 59.6 Å². The number of amides is 1. The predicted octanol–water partition coefficient (Wildman–Crippen LogP) is 1.96. The third-order valence-corrected chi connectivity index (χ3v) is 3.49. The molecule has 1 aliphatic rings. The van der Waals surface area contributed by atoms with Crippen molar-refractivity contribution in [2.24, 2.45) is 0 Å². The lowest BCUT2D eigenvalue weighted by Crippen LogP contribution is -2.33. The van der Waals surface area contributed by atoms with Crippen molar-refractivity contribution >= 4 is 5.91 Å². The lowest BCUT2D eigenvalue weighted by molar-refractivity contribution is -0.120. The van der Waals surface area contributed by atoms with Crippen molar-refractivity contribution in [2.75, 3.05) is 13.3 Å². The summed E-state index contributed by atoms with van der Waals surface area (Å²) in [6, 6.07) is 12.0. The normalized spacial score (nSPS) is 12.2. The third-order valence-electron chi connectivity index (χ3n) is 3.49. The number of carbonyl (C=O) groups excluding carboxylic acids is 1. The number of ether oxygens (including phenoxy) is 2. The molecular weight excluding hydrogens is 299 g/mol. The van der Waals surface area contributed by atoms with Crippen molar-refractivity contribution in [1.82, 2.24) is 10.6 Å². The van der Waals surface area contributed by atoms with E-state index in [1.165, 1.54) is 6.07 Å². The number of fused-ring (bicyclic) bond motifs is 1. The van der Waals surface area contributed by atoms with Crippen LogP contribution < -0.4 is 20.1 Å². The van der Waals surface area contributed by atoms with Gasteiger partial charge in [0.1, 0.15) is 5.82 Å². The molecule has 2 aromatic carbocycles. The molecule has 0 unspecified atom stereocenters. The summed E-state index contributed by atoms with van der Waals surface area (Å²) in [5.41, 5.74) is 1.47. The summed E-state index contributed by atoms with van der Waals surface area (Å²) in [4.78, 5) is 11.8. The number of hydrogen-bond donors (Lipinski definition) is 2. The lowest BCUT2D eigenvalue weighted by Gasteiger charge is -2.08. The lowest BCUT2D eigenvalue weighted by atomic mass is 10.2. The summed E-state index contributed by atoms with van der Waals surface area (Å²) < 4.78 is 24.0. The fourth-order valence-corrected chi connectivity index (χ4v) is 2.27. The van der Waals surface area contributed by atoms with E-state index < -0.39 is 0 Å². The molecule has 3 rings (SSSR count). The molecule has 6 heteroatoms. The first kappa shape index (κ1) is 15.3. The maximum Gasteiger partial charge on any atom is 0.234 e. The van der Waals surface area contributed by atoms with Crippen LogP contribution in [0, 0.1) is 5.82 Å². The average molecular weight is 316 g/mol. The molecule has 0 saturated heterocycles. The molecule has 0 aliphatic carbocycles. The van der Waals surface area contributed by atoms with E-state index >= 15 is 0 Å². The number of rotatable bonds is 6. The van der Waals surface area contributed by atoms with Crippen molar-refractivity contribution in [1.29, 1.82) is 0 Å². The molecule has 0 saturated carbocycles. The summed E-state index contributed by atoms with van der Waals surface area (Å²) in [7, 11) is 0. The second-order valence-corrected chi connectivity index (χ2v) is 5.16. The molecule has 1 amide bonds. The van der Waals surface area contributed by atoms with E-state index in [0.717, 1.165) is 11.3 Å². The Morgan fingerprint density at radius 2 is 1.91 bits per heavy atom. The van der Waals surface area contributed by atoms with E-state index in [0.29, 0.717) is 17.9 Å². The Hall–Kier alpha value is -2.60. The fourth-order valence-electron chi connectivity index (χ4n) is 2.27. The second-order valence-electron chi connectivity index (χ2n) is 5.16. The van der Waals surface area contributed by atoms with Gasteiger partial charge in [0.25, 0.3) is 0 Å². The maximum atomic E-state index is 13.4. The molecule has 0 spiro atoms. The van der Waals surface area contributed by atoms with Crippen LogP contribution in [0.15, 0.2) is 42.5 Å². The third kappa shape index (κ3) is 3.98. The van der Waals surface area contributed by atoms with E-state index in [9.17, 15) is 9.18 Å². The smallest absolute Gasteiger partial charge is 0.234 e. The first-order valence-electron chi connectivity index (χ1n) is 7.32. The molecule has 0 radical (unpaired) electrons. The summed E-state index contributed by atoms with van der Waals surface area (Å²) in [6.07, 6.45) is 0. The quantitative estimate of drug-likeness (QED) is 0.855. The zero-order chi connectivity index (χ0) is 16.1. The van der Waals surface area contributed by atoms with E-state index in [2.05, 4.69) is 10.6 Å². The monoisotopic (exact) mass is 316 g/mol. The Labute approximate surface area is 133 Å². The van der Waals surface area contributed by atoms with Crippen LogP contribution >= 0.6 is 0 Å². The summed E-state index contributed by atoms with van der Waals surface area (Å²) in [5, 5.41) is 5.72. The highest BCUT2D eigenvalue weighted by Gasteiger charge is 2.13. The number of hydrogen-bond acceptors (Lipinski definition) is 4. The van der Waals surface area contributed by atoms with Gasteiger partial charge in [0, 0.05) is 18.7 Å². The first-order valence-corrected chi connectivity index (χ1v) is 7.32. The Bertz CT molecular complexity index is 706. The molecule has 2 aromatic rings. The Kier molecular flexibility index (Phi) is 4.73. The van der Waals surface area contributed by atoms with E-state index in [1.54, 1.807) is 18.2 Å². The molecule has 5 nitrogen and oxygen atoms in total. The van der Waals surface area contributed by atoms with Gasteiger partial charge in [-0.15, -0.1) is 0 Å². The van der Waals surface area contributed by atoms with Crippen LogP contribution in [0.5, 0.6) is 11.5 Å². The standard InChI is InChI=1S/C17H17FN2O3/c18-14-4-2-1-3-13(14)9-20-17(21)10-19-8-12-5-6-15-16(7-12)23-11-22-15/h1-7,19H,8-11H2,(H,20,21). The molecule has 0 bridgehead atoms. The van der Waals surface area contributed by atoms with Crippen LogP contribution in [0.2, 0.25) is 0 Å². The van der Waals surface area contributed by atoms with Crippen LogP contribution in [0.3, 0.4) is 0 Å². The van der Waals surface area contributed by atoms with Gasteiger partial charge >= 0.3 is 0 Å². The highest BCUT2D eigenvalue weighted by atomic mass is 19.1. The van der Waals surface area contributed by atoms with Gasteiger partial charge in [-0.2, -0.15) is 0 Å². The molecule has 120 valence electrons. The van der Waals surface area contributed by atoms with Crippen LogP contribution in [0.25, 0.3) is 0 Å². The number of nitrogens with one attached hydrogen (secondary N) is 2. The number of halogens is 1. The Morgan fingerprint density at radius 1 is 1.09 bits per heavy atom. The molecule has 1 aliphatic heterocycles. The fraction of sp³-hybridized carbons (Fsp3) is 0.235. The summed E-state index contributed by atoms with van der Waals surface area (Å²) in [5.74, 6) is 0.944. The zero-order valence-electron chi connectivity index (χ0n) is 12.5. The minimum atomic E-state index is -0.318. The van der Waals surface area contributed by atoms with Crippen LogP contribution in [-0.4, -0.2) is 19.2 Å². The van der Waals surface area contributed by atoms with Crippen LogP contribution in [0.4, 0.5) is 4.39 Å². The number of benzene rings is 2. The van der Waals surface area contributed by atoms with E-state index in [1.807, 2.05) is 18.2 Å². The van der Waals surface area contributed by atoms with Crippen molar-refractivity contribution in [3.63, 3.8) is 0 Å².